The Balaban J connectivity index is 1.42. The van der Waals surface area contributed by atoms with E-state index in [1.165, 1.54) is 0 Å². The molecule has 2 aromatic rings. The summed E-state index contributed by atoms with van der Waals surface area (Å²) in [5, 5.41) is 0. The Morgan fingerprint density at radius 3 is 1.86 bits per heavy atom. The van der Waals surface area contributed by atoms with Crippen molar-refractivity contribution in [3.05, 3.63) is 64.7 Å². The van der Waals surface area contributed by atoms with Gasteiger partial charge in [-0.2, -0.15) is 0 Å². The first-order chi connectivity index (χ1) is 14.0. The lowest BCUT2D eigenvalue weighted by atomic mass is 9.59. The van der Waals surface area contributed by atoms with Crippen molar-refractivity contribution in [3.8, 4) is 5.75 Å². The summed E-state index contributed by atoms with van der Waals surface area (Å²) in [6.45, 7) is 4.53. The first-order valence-electron chi connectivity index (χ1n) is 10.9. The molecule has 4 saturated carbocycles. The maximum Gasteiger partial charge on any atom is 0.151 e. The Morgan fingerprint density at radius 1 is 0.828 bits per heavy atom. The summed E-state index contributed by atoms with van der Waals surface area (Å²) in [5.41, 5.74) is 4.03. The molecule has 0 amide bonds. The van der Waals surface area contributed by atoms with Crippen LogP contribution in [0, 0.1) is 37.5 Å². The quantitative estimate of drug-likeness (QED) is 0.679. The highest BCUT2D eigenvalue weighted by molar-refractivity contribution is 6.16. The zero-order chi connectivity index (χ0) is 20.1. The van der Waals surface area contributed by atoms with Crippen molar-refractivity contribution in [1.29, 1.82) is 0 Å². The van der Waals surface area contributed by atoms with Crippen molar-refractivity contribution >= 4 is 11.6 Å². The van der Waals surface area contributed by atoms with Crippen LogP contribution in [0.5, 0.6) is 5.75 Å². The van der Waals surface area contributed by atoms with Crippen molar-refractivity contribution in [2.24, 2.45) is 23.7 Å². The Labute approximate surface area is 172 Å². The molecule has 2 atom stereocenters. The SMILES string of the molecule is Cc1cc(OCc2ccccc2)cc(C)c1C1C(=O)C2C3CCC(CC3)C2C1=O. The summed E-state index contributed by atoms with van der Waals surface area (Å²) in [6, 6.07) is 14.1. The van der Waals surface area contributed by atoms with E-state index in [0.717, 1.165) is 53.7 Å². The van der Waals surface area contributed by atoms with Crippen LogP contribution in [0.25, 0.3) is 0 Å². The average Bonchev–Trinajstić information content (AvgIpc) is 3.01. The monoisotopic (exact) mass is 388 g/mol. The summed E-state index contributed by atoms with van der Waals surface area (Å²) in [4.78, 5) is 26.8. The van der Waals surface area contributed by atoms with Gasteiger partial charge in [-0.1, -0.05) is 30.3 Å². The van der Waals surface area contributed by atoms with Crippen LogP contribution in [0.4, 0.5) is 0 Å². The third-order valence-corrected chi connectivity index (χ3v) is 7.55. The summed E-state index contributed by atoms with van der Waals surface area (Å²) >= 11 is 0. The van der Waals surface area contributed by atoms with Crippen LogP contribution in [-0.2, 0) is 16.2 Å². The molecular formula is C26H28O3. The molecule has 4 aliphatic rings. The highest BCUT2D eigenvalue weighted by Gasteiger charge is 2.59. The van der Waals surface area contributed by atoms with Gasteiger partial charge >= 0.3 is 0 Å². The molecule has 2 unspecified atom stereocenters. The minimum Gasteiger partial charge on any atom is -0.489 e. The van der Waals surface area contributed by atoms with Gasteiger partial charge in [-0.15, -0.1) is 0 Å². The number of Topliss-reactive ketones (excluding diaryl/α,β-unsaturated/α-hetero) is 2. The number of fused-ring (bicyclic) bond motifs is 2. The van der Waals surface area contributed by atoms with Crippen LogP contribution in [0.3, 0.4) is 0 Å². The van der Waals surface area contributed by atoms with Crippen molar-refractivity contribution < 1.29 is 14.3 Å². The van der Waals surface area contributed by atoms with Gasteiger partial charge in [0.05, 0.1) is 0 Å². The van der Waals surface area contributed by atoms with Crippen LogP contribution in [0.1, 0.15) is 53.9 Å². The molecule has 0 aromatic heterocycles. The van der Waals surface area contributed by atoms with Gasteiger partial charge in [0.1, 0.15) is 18.3 Å². The van der Waals surface area contributed by atoms with E-state index in [1.807, 2.05) is 56.3 Å². The molecule has 6 rings (SSSR count). The lowest BCUT2D eigenvalue weighted by Gasteiger charge is -2.43. The second-order valence-electron chi connectivity index (χ2n) is 9.21. The van der Waals surface area contributed by atoms with Crippen LogP contribution in [-0.4, -0.2) is 11.6 Å². The van der Waals surface area contributed by atoms with Crippen molar-refractivity contribution in [2.45, 2.75) is 52.1 Å². The van der Waals surface area contributed by atoms with Crippen LogP contribution < -0.4 is 4.74 Å². The van der Waals surface area contributed by atoms with Gasteiger partial charge < -0.3 is 4.74 Å². The number of benzene rings is 2. The highest BCUT2D eigenvalue weighted by atomic mass is 16.5. The summed E-state index contributed by atoms with van der Waals surface area (Å²) in [7, 11) is 0. The lowest BCUT2D eigenvalue weighted by molar-refractivity contribution is -0.129. The molecule has 0 aliphatic heterocycles. The third kappa shape index (κ3) is 3.02. The number of rotatable bonds is 4. The van der Waals surface area contributed by atoms with Gasteiger partial charge in [-0.3, -0.25) is 9.59 Å². The minimum atomic E-state index is -0.561. The fourth-order valence-corrected chi connectivity index (χ4v) is 6.29. The molecule has 3 heteroatoms. The second kappa shape index (κ2) is 7.12. The Bertz CT molecular complexity index is 900. The Morgan fingerprint density at radius 2 is 1.34 bits per heavy atom. The molecule has 0 radical (unpaired) electrons. The molecule has 0 spiro atoms. The molecule has 2 bridgehead atoms. The normalized spacial score (nSPS) is 30.5. The molecule has 150 valence electrons. The molecule has 4 aliphatic carbocycles. The number of ether oxygens (including phenoxy) is 1. The van der Waals surface area contributed by atoms with E-state index < -0.39 is 5.92 Å². The van der Waals surface area contributed by atoms with Gasteiger partial charge in [0.25, 0.3) is 0 Å². The fraction of sp³-hybridized carbons (Fsp3) is 0.462. The van der Waals surface area contributed by atoms with Crippen LogP contribution in [0.2, 0.25) is 0 Å². The maximum absolute atomic E-state index is 13.4. The first-order valence-corrected chi connectivity index (χ1v) is 10.9. The van der Waals surface area contributed by atoms with E-state index in [1.54, 1.807) is 0 Å². The smallest absolute Gasteiger partial charge is 0.151 e. The predicted molar refractivity (Wildman–Crippen MR) is 112 cm³/mol. The van der Waals surface area contributed by atoms with E-state index in [2.05, 4.69) is 0 Å². The molecule has 0 N–H and O–H groups in total. The van der Waals surface area contributed by atoms with Gasteiger partial charge in [-0.25, -0.2) is 0 Å². The van der Waals surface area contributed by atoms with E-state index >= 15 is 0 Å². The number of hydrogen-bond acceptors (Lipinski definition) is 3. The van der Waals surface area contributed by atoms with Gasteiger partial charge in [-0.05, 0) is 85.8 Å². The van der Waals surface area contributed by atoms with Crippen LogP contribution in [0.15, 0.2) is 42.5 Å². The minimum absolute atomic E-state index is 0.0205. The largest absolute Gasteiger partial charge is 0.489 e. The number of aryl methyl sites for hydroxylation is 2. The van der Waals surface area contributed by atoms with E-state index in [9.17, 15) is 9.59 Å². The van der Waals surface area contributed by atoms with Gasteiger partial charge in [0, 0.05) is 11.8 Å². The first kappa shape index (κ1) is 18.6. The average molecular weight is 389 g/mol. The predicted octanol–water partition coefficient (Wildman–Crippen LogP) is 5.17. The van der Waals surface area contributed by atoms with Gasteiger partial charge in [0.2, 0.25) is 0 Å². The Kier molecular flexibility index (Phi) is 4.57. The Hall–Kier alpha value is -2.42. The standard InChI is InChI=1S/C26H28O3/c1-15-12-20(29-14-17-6-4-3-5-7-17)13-16(2)21(15)24-25(27)22-18-8-9-19(11-10-18)23(22)26(24)28/h3-7,12-13,18-19,22-24H,8-11,14H2,1-2H3. The fourth-order valence-electron chi connectivity index (χ4n) is 6.29. The molecular weight excluding hydrogens is 360 g/mol. The van der Waals surface area contributed by atoms with E-state index in [-0.39, 0.29) is 23.4 Å². The number of hydrogen-bond donors (Lipinski definition) is 0. The van der Waals surface area contributed by atoms with E-state index in [0.29, 0.717) is 18.4 Å². The number of carbonyl (C=O) groups excluding carboxylic acids is 2. The maximum atomic E-state index is 13.4. The summed E-state index contributed by atoms with van der Waals surface area (Å²) in [5.74, 6) is 1.44. The topological polar surface area (TPSA) is 43.4 Å². The molecule has 4 fully saturated rings. The van der Waals surface area contributed by atoms with Gasteiger partial charge in [0.15, 0.2) is 11.6 Å². The number of carbonyl (C=O) groups is 2. The van der Waals surface area contributed by atoms with Crippen LogP contribution >= 0.6 is 0 Å². The zero-order valence-corrected chi connectivity index (χ0v) is 17.2. The molecule has 2 aromatic carbocycles. The second-order valence-corrected chi connectivity index (χ2v) is 9.21. The van der Waals surface area contributed by atoms with Crippen molar-refractivity contribution in [3.63, 3.8) is 0 Å². The van der Waals surface area contributed by atoms with Crippen molar-refractivity contribution in [1.82, 2.24) is 0 Å². The number of ketones is 2. The molecule has 0 saturated heterocycles. The molecule has 0 heterocycles. The third-order valence-electron chi connectivity index (χ3n) is 7.55. The molecule has 29 heavy (non-hydrogen) atoms. The lowest BCUT2D eigenvalue weighted by Crippen LogP contribution is -2.41. The zero-order valence-electron chi connectivity index (χ0n) is 17.2. The van der Waals surface area contributed by atoms with E-state index in [4.69, 9.17) is 4.74 Å². The summed E-state index contributed by atoms with van der Waals surface area (Å²) < 4.78 is 5.99. The molecule has 3 nitrogen and oxygen atoms in total. The van der Waals surface area contributed by atoms with Crippen molar-refractivity contribution in [2.75, 3.05) is 0 Å². The summed E-state index contributed by atoms with van der Waals surface area (Å²) in [6.07, 6.45) is 4.51. The highest BCUT2D eigenvalue weighted by Crippen LogP contribution is 2.56.